The molecule has 0 unspecified atom stereocenters. The van der Waals surface area contributed by atoms with Gasteiger partial charge in [-0.3, -0.25) is 4.79 Å². The normalized spacial score (nSPS) is 10.1. The number of rotatable bonds is 7. The zero-order chi connectivity index (χ0) is 17.4. The first kappa shape index (κ1) is 17.9. The van der Waals surface area contributed by atoms with E-state index in [4.69, 9.17) is 9.47 Å². The minimum absolute atomic E-state index is 0.236. The van der Waals surface area contributed by atoms with Crippen LogP contribution in [-0.4, -0.2) is 31.3 Å². The summed E-state index contributed by atoms with van der Waals surface area (Å²) in [5.74, 6) is -0.366. The maximum Gasteiger partial charge on any atom is 0.344 e. The fraction of sp³-hybridized carbons (Fsp3) is 0.222. The Morgan fingerprint density at radius 2 is 1.75 bits per heavy atom. The standard InChI is InChI=1S/C18H19NO4S/c1-13-5-3-4-6-16(13)22-12-18(21)23-11-17(20)19-14-7-9-15(24-2)10-8-14/h3-10H,11-12H2,1-2H3,(H,19,20). The highest BCUT2D eigenvalue weighted by Gasteiger charge is 2.09. The van der Waals surface area contributed by atoms with Crippen LogP contribution >= 0.6 is 11.8 Å². The number of benzene rings is 2. The van der Waals surface area contributed by atoms with E-state index in [2.05, 4.69) is 5.32 Å². The molecule has 1 N–H and O–H groups in total. The number of carbonyl (C=O) groups is 2. The lowest BCUT2D eigenvalue weighted by atomic mass is 10.2. The van der Waals surface area contributed by atoms with E-state index < -0.39 is 11.9 Å². The number of aryl methyl sites for hydroxylation is 1. The second kappa shape index (κ2) is 8.98. The summed E-state index contributed by atoms with van der Waals surface area (Å²) in [6, 6.07) is 14.8. The summed E-state index contributed by atoms with van der Waals surface area (Å²) in [4.78, 5) is 24.5. The van der Waals surface area contributed by atoms with E-state index in [1.165, 1.54) is 0 Å². The molecule has 0 aromatic heterocycles. The molecule has 6 heteroatoms. The fourth-order valence-corrected chi connectivity index (χ4v) is 2.32. The summed E-state index contributed by atoms with van der Waals surface area (Å²) < 4.78 is 10.3. The molecular formula is C18H19NO4S. The van der Waals surface area contributed by atoms with Crippen LogP contribution in [-0.2, 0) is 14.3 Å². The second-order valence-electron chi connectivity index (χ2n) is 4.99. The van der Waals surface area contributed by atoms with Crippen molar-refractivity contribution in [1.82, 2.24) is 0 Å². The Bertz CT molecular complexity index is 700. The van der Waals surface area contributed by atoms with E-state index in [9.17, 15) is 9.59 Å². The molecule has 0 bridgehead atoms. The van der Waals surface area contributed by atoms with Crippen molar-refractivity contribution in [3.8, 4) is 5.75 Å². The van der Waals surface area contributed by atoms with Gasteiger partial charge in [-0.05, 0) is 49.1 Å². The summed E-state index contributed by atoms with van der Waals surface area (Å²) >= 11 is 1.62. The third kappa shape index (κ3) is 5.62. The molecule has 0 aliphatic heterocycles. The molecule has 2 aromatic carbocycles. The average Bonchev–Trinajstić information content (AvgIpc) is 2.60. The number of esters is 1. The molecular weight excluding hydrogens is 326 g/mol. The molecule has 5 nitrogen and oxygen atoms in total. The lowest BCUT2D eigenvalue weighted by Gasteiger charge is -2.09. The van der Waals surface area contributed by atoms with Crippen molar-refractivity contribution in [2.75, 3.05) is 24.8 Å². The van der Waals surface area contributed by atoms with Crippen molar-refractivity contribution in [3.63, 3.8) is 0 Å². The Labute approximate surface area is 145 Å². The van der Waals surface area contributed by atoms with E-state index in [-0.39, 0.29) is 13.2 Å². The molecule has 1 amide bonds. The second-order valence-corrected chi connectivity index (χ2v) is 5.87. The van der Waals surface area contributed by atoms with E-state index >= 15 is 0 Å². The van der Waals surface area contributed by atoms with Crippen LogP contribution in [0.25, 0.3) is 0 Å². The average molecular weight is 345 g/mol. The number of para-hydroxylation sites is 1. The monoisotopic (exact) mass is 345 g/mol. The number of ether oxygens (including phenoxy) is 2. The number of hydrogen-bond donors (Lipinski definition) is 1. The predicted molar refractivity (Wildman–Crippen MR) is 94.5 cm³/mol. The number of amides is 1. The Morgan fingerprint density at radius 1 is 1.04 bits per heavy atom. The van der Waals surface area contributed by atoms with Crippen LogP contribution in [0, 0.1) is 6.92 Å². The van der Waals surface area contributed by atoms with Crippen LogP contribution in [0.5, 0.6) is 5.75 Å². The molecule has 24 heavy (non-hydrogen) atoms. The van der Waals surface area contributed by atoms with Crippen LogP contribution in [0.3, 0.4) is 0 Å². The van der Waals surface area contributed by atoms with Gasteiger partial charge in [-0.15, -0.1) is 11.8 Å². The molecule has 2 rings (SSSR count). The molecule has 0 heterocycles. The van der Waals surface area contributed by atoms with E-state index in [0.29, 0.717) is 11.4 Å². The first-order valence-electron chi connectivity index (χ1n) is 7.36. The molecule has 0 aliphatic carbocycles. The van der Waals surface area contributed by atoms with Gasteiger partial charge in [0, 0.05) is 10.6 Å². The highest BCUT2D eigenvalue weighted by molar-refractivity contribution is 7.98. The number of thioether (sulfide) groups is 1. The van der Waals surface area contributed by atoms with Crippen molar-refractivity contribution >= 4 is 29.3 Å². The third-order valence-corrected chi connectivity index (χ3v) is 3.92. The van der Waals surface area contributed by atoms with E-state index in [0.717, 1.165) is 10.5 Å². The Morgan fingerprint density at radius 3 is 2.42 bits per heavy atom. The molecule has 126 valence electrons. The van der Waals surface area contributed by atoms with Gasteiger partial charge in [0.2, 0.25) is 0 Å². The number of hydrogen-bond acceptors (Lipinski definition) is 5. The van der Waals surface area contributed by atoms with Gasteiger partial charge in [-0.2, -0.15) is 0 Å². The molecule has 0 aliphatic rings. The minimum Gasteiger partial charge on any atom is -0.482 e. The molecule has 0 saturated heterocycles. The zero-order valence-electron chi connectivity index (χ0n) is 13.6. The minimum atomic E-state index is -0.592. The van der Waals surface area contributed by atoms with Gasteiger partial charge in [-0.1, -0.05) is 18.2 Å². The molecule has 0 saturated carbocycles. The fourth-order valence-electron chi connectivity index (χ4n) is 1.91. The highest BCUT2D eigenvalue weighted by atomic mass is 32.2. The van der Waals surface area contributed by atoms with Gasteiger partial charge in [0.05, 0.1) is 0 Å². The maximum atomic E-state index is 11.8. The summed E-state index contributed by atoms with van der Waals surface area (Å²) in [7, 11) is 0. The van der Waals surface area contributed by atoms with Gasteiger partial charge < -0.3 is 14.8 Å². The highest BCUT2D eigenvalue weighted by Crippen LogP contribution is 2.17. The van der Waals surface area contributed by atoms with Crippen LogP contribution < -0.4 is 10.1 Å². The van der Waals surface area contributed by atoms with Crippen LogP contribution in [0.2, 0.25) is 0 Å². The molecule has 0 spiro atoms. The SMILES string of the molecule is CSc1ccc(NC(=O)COC(=O)COc2ccccc2C)cc1. The van der Waals surface area contributed by atoms with Crippen molar-refractivity contribution in [2.45, 2.75) is 11.8 Å². The number of nitrogens with one attached hydrogen (secondary N) is 1. The van der Waals surface area contributed by atoms with Crippen molar-refractivity contribution < 1.29 is 19.1 Å². The molecule has 2 aromatic rings. The van der Waals surface area contributed by atoms with Crippen LogP contribution in [0.15, 0.2) is 53.4 Å². The summed E-state index contributed by atoms with van der Waals surface area (Å²) in [5, 5.41) is 2.67. The van der Waals surface area contributed by atoms with Gasteiger partial charge in [0.1, 0.15) is 5.75 Å². The van der Waals surface area contributed by atoms with Gasteiger partial charge in [-0.25, -0.2) is 4.79 Å². The summed E-state index contributed by atoms with van der Waals surface area (Å²) in [5.41, 5.74) is 1.58. The summed E-state index contributed by atoms with van der Waals surface area (Å²) in [6.45, 7) is 1.30. The Kier molecular flexibility index (Phi) is 6.69. The van der Waals surface area contributed by atoms with Crippen molar-refractivity contribution in [1.29, 1.82) is 0 Å². The third-order valence-electron chi connectivity index (χ3n) is 3.18. The topological polar surface area (TPSA) is 64.6 Å². The Balaban J connectivity index is 1.72. The lowest BCUT2D eigenvalue weighted by Crippen LogP contribution is -2.23. The molecule has 0 atom stereocenters. The number of anilines is 1. The quantitative estimate of drug-likeness (QED) is 0.616. The zero-order valence-corrected chi connectivity index (χ0v) is 14.4. The number of carbonyl (C=O) groups excluding carboxylic acids is 2. The molecule has 0 radical (unpaired) electrons. The largest absolute Gasteiger partial charge is 0.482 e. The van der Waals surface area contributed by atoms with E-state index in [1.807, 2.05) is 43.5 Å². The smallest absolute Gasteiger partial charge is 0.344 e. The van der Waals surface area contributed by atoms with Gasteiger partial charge >= 0.3 is 5.97 Å². The predicted octanol–water partition coefficient (Wildman–Crippen LogP) is 3.28. The van der Waals surface area contributed by atoms with Gasteiger partial charge in [0.25, 0.3) is 5.91 Å². The van der Waals surface area contributed by atoms with Crippen molar-refractivity contribution in [3.05, 3.63) is 54.1 Å². The Hall–Kier alpha value is -2.47. The van der Waals surface area contributed by atoms with Crippen molar-refractivity contribution in [2.24, 2.45) is 0 Å². The lowest BCUT2D eigenvalue weighted by molar-refractivity contribution is -0.149. The van der Waals surface area contributed by atoms with Gasteiger partial charge in [0.15, 0.2) is 13.2 Å². The first-order valence-corrected chi connectivity index (χ1v) is 8.59. The summed E-state index contributed by atoms with van der Waals surface area (Å²) in [6.07, 6.45) is 1.98. The van der Waals surface area contributed by atoms with E-state index in [1.54, 1.807) is 30.0 Å². The molecule has 0 fully saturated rings. The first-order chi connectivity index (χ1) is 11.6. The van der Waals surface area contributed by atoms with Crippen LogP contribution in [0.1, 0.15) is 5.56 Å². The van der Waals surface area contributed by atoms with Crippen LogP contribution in [0.4, 0.5) is 5.69 Å². The maximum absolute atomic E-state index is 11.8.